The monoisotopic (exact) mass is 249 g/mol. The molecule has 0 spiro atoms. The zero-order chi connectivity index (χ0) is 12.8. The molecule has 1 aliphatic carbocycles. The zero-order valence-electron chi connectivity index (χ0n) is 10.5. The van der Waals surface area contributed by atoms with Crippen LogP contribution >= 0.6 is 0 Å². The van der Waals surface area contributed by atoms with Crippen molar-refractivity contribution in [2.45, 2.75) is 51.1 Å². The van der Waals surface area contributed by atoms with E-state index in [0.29, 0.717) is 0 Å². The van der Waals surface area contributed by atoms with E-state index in [-0.39, 0.29) is 24.1 Å². The first kappa shape index (κ1) is 12.8. The van der Waals surface area contributed by atoms with Crippen LogP contribution in [0.1, 0.15) is 38.5 Å². The maximum absolute atomic E-state index is 11.8. The van der Waals surface area contributed by atoms with Gasteiger partial charge in [-0.2, -0.15) is 0 Å². The number of amides is 1. The van der Waals surface area contributed by atoms with E-state index in [1.54, 1.807) is 0 Å². The molecule has 1 N–H and O–H groups in total. The average molecular weight is 249 g/mol. The van der Waals surface area contributed by atoms with Gasteiger partial charge in [0.25, 0.3) is 5.56 Å². The van der Waals surface area contributed by atoms with Crippen LogP contribution in [0.3, 0.4) is 0 Å². The van der Waals surface area contributed by atoms with Crippen LogP contribution < -0.4 is 10.9 Å². The summed E-state index contributed by atoms with van der Waals surface area (Å²) in [6.07, 6.45) is 9.80. The molecule has 1 saturated carbocycles. The van der Waals surface area contributed by atoms with E-state index in [1.165, 1.54) is 48.8 Å². The minimum Gasteiger partial charge on any atom is -0.352 e. The van der Waals surface area contributed by atoms with Gasteiger partial charge in [-0.05, 0) is 12.8 Å². The summed E-state index contributed by atoms with van der Waals surface area (Å²) in [7, 11) is 0. The number of aromatic nitrogens is 2. The van der Waals surface area contributed by atoms with E-state index < -0.39 is 0 Å². The highest BCUT2D eigenvalue weighted by molar-refractivity contribution is 5.76. The molecule has 0 unspecified atom stereocenters. The molecule has 0 saturated heterocycles. The number of nitrogens with one attached hydrogen (secondary N) is 1. The Morgan fingerprint density at radius 3 is 2.72 bits per heavy atom. The first-order valence-corrected chi connectivity index (χ1v) is 6.55. The topological polar surface area (TPSA) is 64.0 Å². The van der Waals surface area contributed by atoms with Crippen LogP contribution in [0.2, 0.25) is 0 Å². The molecule has 1 heterocycles. The van der Waals surface area contributed by atoms with E-state index in [1.807, 2.05) is 0 Å². The van der Waals surface area contributed by atoms with Gasteiger partial charge in [0.05, 0.1) is 6.33 Å². The quantitative estimate of drug-likeness (QED) is 0.815. The summed E-state index contributed by atoms with van der Waals surface area (Å²) in [6.45, 7) is 0.0587. The molecule has 18 heavy (non-hydrogen) atoms. The third kappa shape index (κ3) is 3.68. The van der Waals surface area contributed by atoms with Crippen molar-refractivity contribution in [3.8, 4) is 0 Å². The van der Waals surface area contributed by atoms with Crippen LogP contribution in [0.5, 0.6) is 0 Å². The molecule has 0 radical (unpaired) electrons. The van der Waals surface area contributed by atoms with E-state index in [0.717, 1.165) is 12.8 Å². The van der Waals surface area contributed by atoms with Gasteiger partial charge in [0.1, 0.15) is 6.54 Å². The van der Waals surface area contributed by atoms with Crippen molar-refractivity contribution in [2.24, 2.45) is 0 Å². The summed E-state index contributed by atoms with van der Waals surface area (Å²) in [5.41, 5.74) is -0.194. The zero-order valence-corrected chi connectivity index (χ0v) is 10.5. The lowest BCUT2D eigenvalue weighted by atomic mass is 10.1. The molecule has 98 valence electrons. The summed E-state index contributed by atoms with van der Waals surface area (Å²) in [5.74, 6) is -0.1000. The van der Waals surface area contributed by atoms with Gasteiger partial charge in [-0.3, -0.25) is 14.2 Å². The van der Waals surface area contributed by atoms with Crippen LogP contribution in [-0.4, -0.2) is 21.5 Å². The SMILES string of the molecule is O=C(Cn1cnccc1=O)NC1CCCCCC1. The largest absolute Gasteiger partial charge is 0.352 e. The fourth-order valence-corrected chi connectivity index (χ4v) is 2.35. The van der Waals surface area contributed by atoms with Crippen LogP contribution in [0.4, 0.5) is 0 Å². The van der Waals surface area contributed by atoms with E-state index in [2.05, 4.69) is 10.3 Å². The van der Waals surface area contributed by atoms with Crippen LogP contribution in [0.15, 0.2) is 23.4 Å². The standard InChI is InChI=1S/C13H19N3O2/c17-12(9-16-10-14-8-7-13(16)18)15-11-5-3-1-2-4-6-11/h7-8,10-11H,1-6,9H2,(H,15,17). The van der Waals surface area contributed by atoms with Gasteiger partial charge < -0.3 is 5.32 Å². The Labute approximate surface area is 106 Å². The summed E-state index contributed by atoms with van der Waals surface area (Å²) in [5, 5.41) is 3.01. The molecule has 1 aromatic heterocycles. The molecule has 1 aliphatic rings. The van der Waals surface area contributed by atoms with Gasteiger partial charge in [0, 0.05) is 18.3 Å². The lowest BCUT2D eigenvalue weighted by Gasteiger charge is -2.16. The highest BCUT2D eigenvalue weighted by Gasteiger charge is 2.14. The fourth-order valence-electron chi connectivity index (χ4n) is 2.35. The molecule has 5 nitrogen and oxygen atoms in total. The molecule has 0 aliphatic heterocycles. The Kier molecular flexibility index (Phi) is 4.50. The predicted molar refractivity (Wildman–Crippen MR) is 68.1 cm³/mol. The summed E-state index contributed by atoms with van der Waals surface area (Å²) in [4.78, 5) is 27.1. The number of hydrogen-bond acceptors (Lipinski definition) is 3. The van der Waals surface area contributed by atoms with Crippen molar-refractivity contribution in [2.75, 3.05) is 0 Å². The van der Waals surface area contributed by atoms with Crippen molar-refractivity contribution in [1.29, 1.82) is 0 Å². The Balaban J connectivity index is 1.88. The minimum atomic E-state index is -0.194. The van der Waals surface area contributed by atoms with Gasteiger partial charge in [-0.1, -0.05) is 25.7 Å². The maximum Gasteiger partial charge on any atom is 0.253 e. The molecule has 2 rings (SSSR count). The third-order valence-corrected chi connectivity index (χ3v) is 3.33. The Morgan fingerprint density at radius 2 is 2.06 bits per heavy atom. The third-order valence-electron chi connectivity index (χ3n) is 3.33. The van der Waals surface area contributed by atoms with Gasteiger partial charge in [0.2, 0.25) is 5.91 Å². The predicted octanol–water partition coefficient (Wildman–Crippen LogP) is 1.08. The number of rotatable bonds is 3. The lowest BCUT2D eigenvalue weighted by molar-refractivity contribution is -0.122. The Bertz CT molecular complexity index is 448. The molecule has 0 aromatic carbocycles. The van der Waals surface area contributed by atoms with Gasteiger partial charge in [-0.15, -0.1) is 0 Å². The smallest absolute Gasteiger partial charge is 0.253 e. The molecule has 1 amide bonds. The lowest BCUT2D eigenvalue weighted by Crippen LogP contribution is -2.38. The van der Waals surface area contributed by atoms with E-state index in [9.17, 15) is 9.59 Å². The highest BCUT2D eigenvalue weighted by atomic mass is 16.2. The summed E-state index contributed by atoms with van der Waals surface area (Å²) < 4.78 is 1.33. The van der Waals surface area contributed by atoms with Crippen molar-refractivity contribution < 1.29 is 4.79 Å². The van der Waals surface area contributed by atoms with Gasteiger partial charge >= 0.3 is 0 Å². The minimum absolute atomic E-state index is 0.0587. The molecule has 1 aromatic rings. The normalized spacial score (nSPS) is 17.1. The fraction of sp³-hybridized carbons (Fsp3) is 0.615. The highest BCUT2D eigenvalue weighted by Crippen LogP contribution is 2.16. The molecular formula is C13H19N3O2. The number of nitrogens with zero attached hydrogens (tertiary/aromatic N) is 2. The van der Waals surface area contributed by atoms with Crippen molar-refractivity contribution in [1.82, 2.24) is 14.9 Å². The number of carbonyl (C=O) groups is 1. The molecular weight excluding hydrogens is 230 g/mol. The average Bonchev–Trinajstić information content (AvgIpc) is 2.61. The summed E-state index contributed by atoms with van der Waals surface area (Å²) >= 11 is 0. The van der Waals surface area contributed by atoms with Gasteiger partial charge in [-0.25, -0.2) is 4.98 Å². The van der Waals surface area contributed by atoms with E-state index in [4.69, 9.17) is 0 Å². The van der Waals surface area contributed by atoms with Crippen LogP contribution in [-0.2, 0) is 11.3 Å². The maximum atomic E-state index is 11.8. The second kappa shape index (κ2) is 6.33. The first-order valence-electron chi connectivity index (χ1n) is 6.55. The van der Waals surface area contributed by atoms with E-state index >= 15 is 0 Å². The van der Waals surface area contributed by atoms with Gasteiger partial charge in [0.15, 0.2) is 0 Å². The van der Waals surface area contributed by atoms with Crippen LogP contribution in [0, 0.1) is 0 Å². The number of carbonyl (C=O) groups excluding carboxylic acids is 1. The Hall–Kier alpha value is -1.65. The molecule has 1 fully saturated rings. The van der Waals surface area contributed by atoms with Crippen LogP contribution in [0.25, 0.3) is 0 Å². The molecule has 5 heteroatoms. The first-order chi connectivity index (χ1) is 8.75. The molecule has 0 bridgehead atoms. The second-order valence-electron chi connectivity index (χ2n) is 4.80. The van der Waals surface area contributed by atoms with Crippen molar-refractivity contribution in [3.05, 3.63) is 28.9 Å². The molecule has 0 atom stereocenters. The van der Waals surface area contributed by atoms with Crippen molar-refractivity contribution in [3.63, 3.8) is 0 Å². The second-order valence-corrected chi connectivity index (χ2v) is 4.80. The van der Waals surface area contributed by atoms with Crippen molar-refractivity contribution >= 4 is 5.91 Å². The summed E-state index contributed by atoms with van der Waals surface area (Å²) in [6, 6.07) is 1.63. The number of hydrogen-bond donors (Lipinski definition) is 1. The Morgan fingerprint density at radius 1 is 1.33 bits per heavy atom.